The summed E-state index contributed by atoms with van der Waals surface area (Å²) in [6, 6.07) is 9.14. The summed E-state index contributed by atoms with van der Waals surface area (Å²) in [6.45, 7) is 3.40. The fourth-order valence-electron chi connectivity index (χ4n) is 3.44. The van der Waals surface area contributed by atoms with Crippen molar-refractivity contribution in [2.45, 2.75) is 19.3 Å². The van der Waals surface area contributed by atoms with Crippen molar-refractivity contribution in [1.82, 2.24) is 4.90 Å². The predicted octanol–water partition coefficient (Wildman–Crippen LogP) is 2.25. The van der Waals surface area contributed by atoms with Crippen molar-refractivity contribution in [2.24, 2.45) is 17.4 Å². The van der Waals surface area contributed by atoms with Crippen LogP contribution < -0.4 is 16.8 Å². The minimum Gasteiger partial charge on any atom is -0.396 e. The quantitative estimate of drug-likeness (QED) is 0.567. The van der Waals surface area contributed by atoms with Gasteiger partial charge in [0.15, 0.2) is 0 Å². The lowest BCUT2D eigenvalue weighted by molar-refractivity contribution is 0.100. The highest BCUT2D eigenvalue weighted by Gasteiger charge is 2.18. The van der Waals surface area contributed by atoms with Crippen LogP contribution in [0.3, 0.4) is 0 Å². The van der Waals surface area contributed by atoms with Crippen LogP contribution in [0.5, 0.6) is 0 Å². The molecule has 0 aliphatic carbocycles. The maximum atomic E-state index is 11.6. The predicted molar refractivity (Wildman–Crippen MR) is 111 cm³/mol. The third kappa shape index (κ3) is 5.09. The molecular formula is C20H26N4O3S. The molecule has 0 bridgehead atoms. The minimum atomic E-state index is -0.728. The summed E-state index contributed by atoms with van der Waals surface area (Å²) >= 11 is 1.27. The van der Waals surface area contributed by atoms with Gasteiger partial charge in [-0.1, -0.05) is 24.3 Å². The van der Waals surface area contributed by atoms with Gasteiger partial charge in [0.05, 0.1) is 5.56 Å². The second kappa shape index (κ2) is 9.18. The molecular weight excluding hydrogens is 376 g/mol. The average molecular weight is 403 g/mol. The van der Waals surface area contributed by atoms with Gasteiger partial charge < -0.3 is 21.5 Å². The number of nitrogens with zero attached hydrogens (tertiary/aromatic N) is 1. The van der Waals surface area contributed by atoms with E-state index in [1.165, 1.54) is 16.9 Å². The fraction of sp³-hybridized carbons (Fsp3) is 0.400. The number of piperidine rings is 1. The van der Waals surface area contributed by atoms with Crippen LogP contribution in [0, 0.1) is 5.92 Å². The molecule has 7 nitrogen and oxygen atoms in total. The molecule has 1 aliphatic heterocycles. The van der Waals surface area contributed by atoms with E-state index in [4.69, 9.17) is 11.5 Å². The highest BCUT2D eigenvalue weighted by molar-refractivity contribution is 7.20. The Kier molecular flexibility index (Phi) is 6.66. The Balaban J connectivity index is 1.63. The number of hydrogen-bond acceptors (Lipinski definition) is 5. The van der Waals surface area contributed by atoms with Gasteiger partial charge in [0, 0.05) is 18.0 Å². The van der Waals surface area contributed by atoms with Crippen molar-refractivity contribution in [2.75, 3.05) is 31.6 Å². The number of carbonyl (C=O) groups is 2. The van der Waals surface area contributed by atoms with Crippen molar-refractivity contribution < 1.29 is 14.7 Å². The van der Waals surface area contributed by atoms with Gasteiger partial charge in [-0.15, -0.1) is 11.3 Å². The molecule has 1 saturated heterocycles. The smallest absolute Gasteiger partial charge is 0.317 e. The Morgan fingerprint density at radius 1 is 1.18 bits per heavy atom. The van der Waals surface area contributed by atoms with E-state index in [-0.39, 0.29) is 5.56 Å². The van der Waals surface area contributed by atoms with Crippen molar-refractivity contribution >= 4 is 28.3 Å². The first-order chi connectivity index (χ1) is 13.5. The van der Waals surface area contributed by atoms with E-state index >= 15 is 0 Å². The molecule has 0 saturated carbocycles. The van der Waals surface area contributed by atoms with Crippen LogP contribution in [0.25, 0.3) is 10.4 Å². The zero-order chi connectivity index (χ0) is 20.1. The first kappa shape index (κ1) is 20.3. The van der Waals surface area contributed by atoms with Gasteiger partial charge >= 0.3 is 6.03 Å². The van der Waals surface area contributed by atoms with Gasteiger partial charge in [-0.25, -0.2) is 4.79 Å². The van der Waals surface area contributed by atoms with E-state index in [1.54, 1.807) is 6.07 Å². The van der Waals surface area contributed by atoms with Gasteiger partial charge in [-0.05, 0) is 55.5 Å². The fourth-order valence-corrected chi connectivity index (χ4v) is 4.51. The molecule has 3 amide bonds. The Labute approximate surface area is 168 Å². The Morgan fingerprint density at radius 2 is 1.86 bits per heavy atom. The van der Waals surface area contributed by atoms with Crippen LogP contribution >= 0.6 is 11.3 Å². The van der Waals surface area contributed by atoms with Crippen molar-refractivity contribution in [3.05, 3.63) is 41.5 Å². The summed E-state index contributed by atoms with van der Waals surface area (Å²) in [4.78, 5) is 26.0. The number of rotatable bonds is 7. The lowest BCUT2D eigenvalue weighted by Gasteiger charge is -2.31. The molecule has 6 N–H and O–H groups in total. The van der Waals surface area contributed by atoms with Gasteiger partial charge in [-0.2, -0.15) is 0 Å². The highest BCUT2D eigenvalue weighted by Crippen LogP contribution is 2.35. The third-order valence-corrected chi connectivity index (χ3v) is 6.25. The molecule has 2 aromatic rings. The SMILES string of the molecule is NC(=O)Nc1sc(-c2ccc(CCN3CCC(CO)CC3)cc2)cc1C(N)=O. The van der Waals surface area contributed by atoms with Crippen LogP contribution in [0.2, 0.25) is 0 Å². The van der Waals surface area contributed by atoms with Crippen LogP contribution in [0.4, 0.5) is 9.80 Å². The normalized spacial score (nSPS) is 15.5. The third-order valence-electron chi connectivity index (χ3n) is 5.15. The molecule has 0 atom stereocenters. The molecule has 1 fully saturated rings. The number of anilines is 1. The molecule has 28 heavy (non-hydrogen) atoms. The molecule has 1 aromatic heterocycles. The summed E-state index contributed by atoms with van der Waals surface area (Å²) in [5, 5.41) is 12.0. The maximum Gasteiger partial charge on any atom is 0.317 e. The Hall–Kier alpha value is -2.42. The monoisotopic (exact) mass is 402 g/mol. The van der Waals surface area contributed by atoms with Crippen LogP contribution in [-0.2, 0) is 6.42 Å². The first-order valence-electron chi connectivity index (χ1n) is 9.39. The molecule has 0 spiro atoms. The summed E-state index contributed by atoms with van der Waals surface area (Å²) in [5.41, 5.74) is 13.0. The average Bonchev–Trinajstić information content (AvgIpc) is 3.10. The summed E-state index contributed by atoms with van der Waals surface area (Å²) in [7, 11) is 0. The largest absolute Gasteiger partial charge is 0.396 e. The molecule has 1 aliphatic rings. The van der Waals surface area contributed by atoms with Crippen LogP contribution in [0.15, 0.2) is 30.3 Å². The molecule has 150 valence electrons. The number of urea groups is 1. The van der Waals surface area contributed by atoms with Crippen molar-refractivity contribution in [3.63, 3.8) is 0 Å². The lowest BCUT2D eigenvalue weighted by atomic mass is 9.97. The molecule has 0 unspecified atom stereocenters. The van der Waals surface area contributed by atoms with Crippen LogP contribution in [-0.4, -0.2) is 48.2 Å². The van der Waals surface area contributed by atoms with E-state index in [9.17, 15) is 14.7 Å². The van der Waals surface area contributed by atoms with Crippen molar-refractivity contribution in [3.8, 4) is 10.4 Å². The number of nitrogens with one attached hydrogen (secondary N) is 1. The number of thiophene rings is 1. The number of benzene rings is 1. The molecule has 8 heteroatoms. The zero-order valence-corrected chi connectivity index (χ0v) is 16.5. The molecule has 3 rings (SSSR count). The topological polar surface area (TPSA) is 122 Å². The highest BCUT2D eigenvalue weighted by atomic mass is 32.1. The number of aliphatic hydroxyl groups is 1. The summed E-state index contributed by atoms with van der Waals surface area (Å²) in [5.74, 6) is -0.145. The zero-order valence-electron chi connectivity index (χ0n) is 15.7. The first-order valence-corrected chi connectivity index (χ1v) is 10.2. The summed E-state index contributed by atoms with van der Waals surface area (Å²) < 4.78 is 0. The second-order valence-electron chi connectivity index (χ2n) is 7.12. The number of nitrogens with two attached hydrogens (primary N) is 2. The number of aliphatic hydroxyl groups excluding tert-OH is 1. The lowest BCUT2D eigenvalue weighted by Crippen LogP contribution is -2.36. The van der Waals surface area contributed by atoms with E-state index in [2.05, 4.69) is 22.3 Å². The maximum absolute atomic E-state index is 11.6. The Bertz CT molecular complexity index is 826. The molecule has 0 radical (unpaired) electrons. The summed E-state index contributed by atoms with van der Waals surface area (Å²) in [6.07, 6.45) is 3.10. The van der Waals surface area contributed by atoms with E-state index in [1.807, 2.05) is 12.1 Å². The van der Waals surface area contributed by atoms with Crippen LogP contribution in [0.1, 0.15) is 28.8 Å². The number of likely N-dealkylation sites (tertiary alicyclic amines) is 1. The number of primary amides is 2. The second-order valence-corrected chi connectivity index (χ2v) is 8.17. The minimum absolute atomic E-state index is 0.258. The van der Waals surface area contributed by atoms with Crippen molar-refractivity contribution in [1.29, 1.82) is 0 Å². The number of hydrogen-bond donors (Lipinski definition) is 4. The standard InChI is InChI=1S/C20H26N4O3S/c21-18(26)16-11-17(28-19(16)23-20(22)27)15-3-1-13(2-4-15)5-8-24-9-6-14(12-25)7-10-24/h1-4,11,14,25H,5-10,12H2,(H2,21,26)(H3,22,23,27). The number of amides is 3. The molecule has 2 heterocycles. The van der Waals surface area contributed by atoms with Gasteiger partial charge in [0.25, 0.3) is 5.91 Å². The van der Waals surface area contributed by atoms with Gasteiger partial charge in [0.1, 0.15) is 5.00 Å². The van der Waals surface area contributed by atoms with E-state index in [0.717, 1.165) is 49.3 Å². The van der Waals surface area contributed by atoms with Gasteiger partial charge in [0.2, 0.25) is 0 Å². The number of carbonyl (C=O) groups excluding carboxylic acids is 2. The van der Waals surface area contributed by atoms with E-state index in [0.29, 0.717) is 17.5 Å². The Morgan fingerprint density at radius 3 is 2.43 bits per heavy atom. The molecule has 1 aromatic carbocycles. The van der Waals surface area contributed by atoms with Gasteiger partial charge in [-0.3, -0.25) is 10.1 Å². The van der Waals surface area contributed by atoms with E-state index < -0.39 is 11.9 Å².